The molecule has 15 heavy (non-hydrogen) atoms. The molecule has 0 radical (unpaired) electrons. The van der Waals surface area contributed by atoms with E-state index < -0.39 is 0 Å². The summed E-state index contributed by atoms with van der Waals surface area (Å²) in [6.45, 7) is 0. The Morgan fingerprint density at radius 3 is 2.60 bits per heavy atom. The summed E-state index contributed by atoms with van der Waals surface area (Å²) in [5.74, 6) is 0. The van der Waals surface area contributed by atoms with E-state index in [-0.39, 0.29) is 11.1 Å². The van der Waals surface area contributed by atoms with Crippen molar-refractivity contribution in [2.75, 3.05) is 0 Å². The molecule has 0 atom stereocenters. The SMILES string of the molecule is O=c1[nH]c2ccccc2c2c(=O)[nH][nH]c12. The number of rotatable bonds is 0. The van der Waals surface area contributed by atoms with Gasteiger partial charge in [-0.05, 0) is 6.07 Å². The average Bonchev–Trinajstić information content (AvgIpc) is 2.62. The molecule has 0 bridgehead atoms. The number of hydrogen-bond acceptors (Lipinski definition) is 2. The highest BCUT2D eigenvalue weighted by Gasteiger charge is 2.08. The molecule has 0 unspecified atom stereocenters. The van der Waals surface area contributed by atoms with Gasteiger partial charge in [-0.25, -0.2) is 0 Å². The lowest BCUT2D eigenvalue weighted by Gasteiger charge is -1.96. The minimum absolute atomic E-state index is 0.271. The zero-order valence-corrected chi connectivity index (χ0v) is 7.63. The quantitative estimate of drug-likeness (QED) is 0.500. The summed E-state index contributed by atoms with van der Waals surface area (Å²) in [5.41, 5.74) is 0.396. The van der Waals surface area contributed by atoms with Gasteiger partial charge in [0, 0.05) is 10.9 Å². The fourth-order valence-electron chi connectivity index (χ4n) is 1.78. The first-order valence-corrected chi connectivity index (χ1v) is 4.49. The van der Waals surface area contributed by atoms with Gasteiger partial charge in [-0.15, -0.1) is 0 Å². The number of H-pyrrole nitrogens is 3. The van der Waals surface area contributed by atoms with Gasteiger partial charge in [0.1, 0.15) is 5.52 Å². The van der Waals surface area contributed by atoms with Crippen LogP contribution in [0.5, 0.6) is 0 Å². The first kappa shape index (κ1) is 8.05. The Hall–Kier alpha value is -2.30. The van der Waals surface area contributed by atoms with E-state index in [4.69, 9.17) is 0 Å². The predicted molar refractivity (Wildman–Crippen MR) is 57.0 cm³/mol. The van der Waals surface area contributed by atoms with E-state index in [9.17, 15) is 9.59 Å². The van der Waals surface area contributed by atoms with Crippen molar-refractivity contribution in [3.63, 3.8) is 0 Å². The molecule has 5 nitrogen and oxygen atoms in total. The summed E-state index contributed by atoms with van der Waals surface area (Å²) in [7, 11) is 0. The number of pyridine rings is 1. The van der Waals surface area contributed by atoms with Crippen LogP contribution in [0.1, 0.15) is 0 Å². The first-order valence-electron chi connectivity index (χ1n) is 4.49. The molecule has 74 valence electrons. The molecule has 3 N–H and O–H groups in total. The summed E-state index contributed by atoms with van der Waals surface area (Å²) in [6, 6.07) is 7.21. The van der Waals surface area contributed by atoms with Crippen molar-refractivity contribution in [1.82, 2.24) is 15.2 Å². The maximum absolute atomic E-state index is 11.6. The largest absolute Gasteiger partial charge is 0.320 e. The first-order chi connectivity index (χ1) is 7.27. The molecule has 0 aliphatic carbocycles. The zero-order valence-electron chi connectivity index (χ0n) is 7.63. The molecular formula is C10H7N3O2. The Kier molecular flexibility index (Phi) is 1.39. The van der Waals surface area contributed by atoms with Gasteiger partial charge in [-0.1, -0.05) is 18.2 Å². The topological polar surface area (TPSA) is 81.5 Å². The van der Waals surface area contributed by atoms with Gasteiger partial charge >= 0.3 is 0 Å². The summed E-state index contributed by atoms with van der Waals surface area (Å²) in [5, 5.41) is 6.13. The second kappa shape index (κ2) is 2.60. The van der Waals surface area contributed by atoms with Gasteiger partial charge in [0.05, 0.1) is 5.39 Å². The van der Waals surface area contributed by atoms with Crippen LogP contribution in [0.3, 0.4) is 0 Å². The van der Waals surface area contributed by atoms with Crippen molar-refractivity contribution in [3.8, 4) is 0 Å². The van der Waals surface area contributed by atoms with Crippen molar-refractivity contribution in [1.29, 1.82) is 0 Å². The number of aromatic amines is 3. The smallest absolute Gasteiger partial charge is 0.274 e. The van der Waals surface area contributed by atoms with Crippen LogP contribution < -0.4 is 11.1 Å². The molecule has 5 heteroatoms. The standard InChI is InChI=1S/C10H7N3O2/c14-9-7-5-3-1-2-4-6(5)11-10(15)8(7)12-13-9/h1-4H,(H,11,15)(H2,12,13,14). The number of para-hydroxylation sites is 1. The fourth-order valence-corrected chi connectivity index (χ4v) is 1.78. The van der Waals surface area contributed by atoms with E-state index >= 15 is 0 Å². The highest BCUT2D eigenvalue weighted by molar-refractivity contribution is 6.03. The van der Waals surface area contributed by atoms with Gasteiger partial charge in [0.25, 0.3) is 11.1 Å². The van der Waals surface area contributed by atoms with Gasteiger partial charge in [0.2, 0.25) is 0 Å². The van der Waals surface area contributed by atoms with Crippen LogP contribution in [-0.4, -0.2) is 15.2 Å². The molecule has 1 aromatic carbocycles. The van der Waals surface area contributed by atoms with Crippen molar-refractivity contribution in [3.05, 3.63) is 45.0 Å². The van der Waals surface area contributed by atoms with E-state index in [0.29, 0.717) is 16.4 Å². The number of benzene rings is 1. The molecule has 3 aromatic rings. The predicted octanol–water partition coefficient (Wildman–Crippen LogP) is 0.698. The maximum Gasteiger partial charge on any atom is 0.274 e. The molecule has 0 fully saturated rings. The van der Waals surface area contributed by atoms with E-state index in [0.717, 1.165) is 5.39 Å². The molecule has 0 amide bonds. The third-order valence-electron chi connectivity index (χ3n) is 2.45. The summed E-state index contributed by atoms with van der Waals surface area (Å²) in [4.78, 5) is 25.8. The number of hydrogen-bond donors (Lipinski definition) is 3. The molecule has 2 aromatic heterocycles. The summed E-state index contributed by atoms with van der Waals surface area (Å²) < 4.78 is 0. The van der Waals surface area contributed by atoms with Crippen LogP contribution >= 0.6 is 0 Å². The second-order valence-electron chi connectivity index (χ2n) is 3.33. The third-order valence-corrected chi connectivity index (χ3v) is 2.45. The van der Waals surface area contributed by atoms with E-state index in [1.165, 1.54) is 0 Å². The Morgan fingerprint density at radius 1 is 0.933 bits per heavy atom. The number of fused-ring (bicyclic) bond motifs is 3. The fraction of sp³-hybridized carbons (Fsp3) is 0. The Morgan fingerprint density at radius 2 is 1.73 bits per heavy atom. The van der Waals surface area contributed by atoms with Crippen LogP contribution in [-0.2, 0) is 0 Å². The molecule has 2 heterocycles. The highest BCUT2D eigenvalue weighted by Crippen LogP contribution is 2.15. The average molecular weight is 201 g/mol. The zero-order chi connectivity index (χ0) is 10.4. The van der Waals surface area contributed by atoms with Crippen molar-refractivity contribution in [2.24, 2.45) is 0 Å². The molecule has 0 saturated heterocycles. The molecule has 0 aliphatic heterocycles. The molecule has 0 aliphatic rings. The third kappa shape index (κ3) is 0.969. The lowest BCUT2D eigenvalue weighted by Crippen LogP contribution is -2.07. The van der Waals surface area contributed by atoms with E-state index in [2.05, 4.69) is 15.2 Å². The van der Waals surface area contributed by atoms with Crippen LogP contribution in [0.4, 0.5) is 0 Å². The molecule has 3 rings (SSSR count). The van der Waals surface area contributed by atoms with Gasteiger partial charge in [-0.3, -0.25) is 19.8 Å². The maximum atomic E-state index is 11.6. The number of aromatic nitrogens is 3. The monoisotopic (exact) mass is 201 g/mol. The van der Waals surface area contributed by atoms with Gasteiger partial charge in [-0.2, -0.15) is 0 Å². The molecule has 0 saturated carbocycles. The second-order valence-corrected chi connectivity index (χ2v) is 3.33. The minimum atomic E-state index is -0.290. The minimum Gasteiger partial charge on any atom is -0.320 e. The van der Waals surface area contributed by atoms with Gasteiger partial charge < -0.3 is 4.98 Å². The highest BCUT2D eigenvalue weighted by atomic mass is 16.1. The van der Waals surface area contributed by atoms with Crippen molar-refractivity contribution in [2.45, 2.75) is 0 Å². The lowest BCUT2D eigenvalue weighted by molar-refractivity contribution is 1.07. The van der Waals surface area contributed by atoms with Crippen LogP contribution in [0, 0.1) is 0 Å². The molecule has 0 spiro atoms. The van der Waals surface area contributed by atoms with Crippen LogP contribution in [0.2, 0.25) is 0 Å². The Labute approximate surface area is 82.7 Å². The van der Waals surface area contributed by atoms with E-state index in [1.54, 1.807) is 12.1 Å². The van der Waals surface area contributed by atoms with Crippen LogP contribution in [0.15, 0.2) is 33.9 Å². The summed E-state index contributed by atoms with van der Waals surface area (Å²) >= 11 is 0. The van der Waals surface area contributed by atoms with E-state index in [1.807, 2.05) is 12.1 Å². The normalized spacial score (nSPS) is 11.2. The molecular weight excluding hydrogens is 194 g/mol. The van der Waals surface area contributed by atoms with Gasteiger partial charge in [0.15, 0.2) is 0 Å². The Bertz CT molecular complexity index is 763. The van der Waals surface area contributed by atoms with Crippen molar-refractivity contribution >= 4 is 21.8 Å². The Balaban J connectivity index is 2.80. The lowest BCUT2D eigenvalue weighted by atomic mass is 10.1. The van der Waals surface area contributed by atoms with Crippen LogP contribution in [0.25, 0.3) is 21.8 Å². The van der Waals surface area contributed by atoms with Crippen molar-refractivity contribution < 1.29 is 0 Å². The number of nitrogens with one attached hydrogen (secondary N) is 3. The summed E-state index contributed by atoms with van der Waals surface area (Å²) in [6.07, 6.45) is 0.